The van der Waals surface area contributed by atoms with Crippen LogP contribution in [0, 0.1) is 13.8 Å². The van der Waals surface area contributed by atoms with Crippen LogP contribution in [0.5, 0.6) is 0 Å². The van der Waals surface area contributed by atoms with Crippen LogP contribution in [-0.4, -0.2) is 74.0 Å². The summed E-state index contributed by atoms with van der Waals surface area (Å²) in [6.07, 6.45) is 5.59. The van der Waals surface area contributed by atoms with E-state index in [0.29, 0.717) is 25.2 Å². The van der Waals surface area contributed by atoms with E-state index in [1.54, 1.807) is 0 Å². The van der Waals surface area contributed by atoms with Crippen LogP contribution in [0.1, 0.15) is 70.6 Å². The number of aryl methyl sites for hydroxylation is 2. The van der Waals surface area contributed by atoms with Gasteiger partial charge in [-0.3, -0.25) is 9.59 Å². The van der Waals surface area contributed by atoms with Gasteiger partial charge in [0, 0.05) is 38.2 Å². The molecule has 224 valence electrons. The van der Waals surface area contributed by atoms with E-state index >= 15 is 0 Å². The lowest BCUT2D eigenvalue weighted by Gasteiger charge is -2.30. The Morgan fingerprint density at radius 2 is 1.48 bits per heavy atom. The van der Waals surface area contributed by atoms with Gasteiger partial charge in [0.05, 0.1) is 6.04 Å². The normalized spacial score (nSPS) is 14.5. The Balaban J connectivity index is 1.38. The molecule has 42 heavy (non-hydrogen) atoms. The van der Waals surface area contributed by atoms with Gasteiger partial charge in [-0.25, -0.2) is 0 Å². The second kappa shape index (κ2) is 16.2. The zero-order chi connectivity index (χ0) is 29.7. The molecule has 6 heteroatoms. The molecular weight excluding hydrogens is 520 g/mol. The van der Waals surface area contributed by atoms with Crippen LogP contribution < -0.4 is 10.6 Å². The number of likely N-dealkylation sites (N-methyl/N-ethyl adjacent to an activating group) is 1. The molecule has 1 atom stereocenters. The molecule has 0 aliphatic carbocycles. The molecule has 1 aliphatic rings. The van der Waals surface area contributed by atoms with Crippen LogP contribution in [0.25, 0.3) is 0 Å². The van der Waals surface area contributed by atoms with Gasteiger partial charge in [-0.05, 0) is 93.6 Å². The van der Waals surface area contributed by atoms with E-state index in [-0.39, 0.29) is 23.8 Å². The third kappa shape index (κ3) is 9.27. The average Bonchev–Trinajstić information content (AvgIpc) is 3.03. The SMILES string of the molecule is Cc1ccc(C(=O)NCCN[C@@H](CCCN2CCCCC2)C(=O)N(C)CC(c2ccccc2)c2ccccc2)cc1C. The molecule has 1 aliphatic heterocycles. The Morgan fingerprint density at radius 1 is 0.833 bits per heavy atom. The van der Waals surface area contributed by atoms with Gasteiger partial charge >= 0.3 is 0 Å². The van der Waals surface area contributed by atoms with Crippen LogP contribution in [0.15, 0.2) is 78.9 Å². The number of likely N-dealkylation sites (tertiary alicyclic amines) is 1. The summed E-state index contributed by atoms with van der Waals surface area (Å²) < 4.78 is 0. The smallest absolute Gasteiger partial charge is 0.251 e. The van der Waals surface area contributed by atoms with Crippen molar-refractivity contribution >= 4 is 11.8 Å². The molecule has 0 radical (unpaired) electrons. The highest BCUT2D eigenvalue weighted by Crippen LogP contribution is 2.25. The lowest BCUT2D eigenvalue weighted by Crippen LogP contribution is -2.48. The van der Waals surface area contributed by atoms with Gasteiger partial charge in [-0.1, -0.05) is 73.2 Å². The molecular formula is C36H48N4O2. The van der Waals surface area contributed by atoms with Crippen molar-refractivity contribution in [3.8, 4) is 0 Å². The van der Waals surface area contributed by atoms with Gasteiger partial charge in [0.15, 0.2) is 0 Å². The van der Waals surface area contributed by atoms with Crippen LogP contribution in [0.4, 0.5) is 0 Å². The van der Waals surface area contributed by atoms with Crippen LogP contribution in [-0.2, 0) is 4.79 Å². The topological polar surface area (TPSA) is 64.7 Å². The first-order chi connectivity index (χ1) is 20.4. The van der Waals surface area contributed by atoms with Crippen molar-refractivity contribution in [3.63, 3.8) is 0 Å². The fraction of sp³-hybridized carbons (Fsp3) is 0.444. The van der Waals surface area contributed by atoms with Crippen molar-refractivity contribution in [2.45, 2.75) is 57.9 Å². The molecule has 2 amide bonds. The third-order valence-corrected chi connectivity index (χ3v) is 8.52. The predicted octanol–water partition coefficient (Wildman–Crippen LogP) is 5.55. The molecule has 1 fully saturated rings. The summed E-state index contributed by atoms with van der Waals surface area (Å²) in [5, 5.41) is 6.51. The fourth-order valence-corrected chi connectivity index (χ4v) is 5.83. The Labute approximate surface area is 252 Å². The minimum Gasteiger partial charge on any atom is -0.351 e. The standard InChI is InChI=1S/C36H48N4O2/c1-28-19-20-32(26-29(28)2)35(41)38-22-21-37-34(18-13-25-40-23-11-6-12-24-40)36(42)39(3)27-33(30-14-7-4-8-15-30)31-16-9-5-10-17-31/h4-5,7-10,14-17,19-20,26,33-34,37H,6,11-13,18,21-25,27H2,1-3H3,(H,38,41)/t34-/m0/s1. The van der Waals surface area contributed by atoms with Gasteiger partial charge < -0.3 is 20.4 Å². The minimum atomic E-state index is -0.300. The van der Waals surface area contributed by atoms with Crippen molar-refractivity contribution in [2.24, 2.45) is 0 Å². The Bertz CT molecular complexity index is 1220. The number of hydrogen-bond acceptors (Lipinski definition) is 4. The van der Waals surface area contributed by atoms with Crippen LogP contribution in [0.2, 0.25) is 0 Å². The first kappa shape index (κ1) is 31.5. The number of carbonyl (C=O) groups excluding carboxylic acids is 2. The number of amides is 2. The van der Waals surface area contributed by atoms with Gasteiger partial charge in [0.25, 0.3) is 5.91 Å². The highest BCUT2D eigenvalue weighted by Gasteiger charge is 2.25. The van der Waals surface area contributed by atoms with Gasteiger partial charge in [0.2, 0.25) is 5.91 Å². The maximum Gasteiger partial charge on any atom is 0.251 e. The number of rotatable bonds is 14. The molecule has 0 aromatic heterocycles. The Kier molecular flexibility index (Phi) is 12.2. The lowest BCUT2D eigenvalue weighted by molar-refractivity contribution is -0.132. The molecule has 3 aromatic rings. The van der Waals surface area contributed by atoms with Crippen molar-refractivity contribution in [1.29, 1.82) is 0 Å². The zero-order valence-corrected chi connectivity index (χ0v) is 25.6. The highest BCUT2D eigenvalue weighted by atomic mass is 16.2. The fourth-order valence-electron chi connectivity index (χ4n) is 5.83. The minimum absolute atomic E-state index is 0.0847. The molecule has 6 nitrogen and oxygen atoms in total. The van der Waals surface area contributed by atoms with E-state index in [9.17, 15) is 9.59 Å². The lowest BCUT2D eigenvalue weighted by atomic mass is 9.90. The summed E-state index contributed by atoms with van der Waals surface area (Å²) in [5.41, 5.74) is 5.34. The van der Waals surface area contributed by atoms with E-state index < -0.39 is 0 Å². The number of nitrogens with one attached hydrogen (secondary N) is 2. The summed E-state index contributed by atoms with van der Waals surface area (Å²) in [6.45, 7) is 8.99. The third-order valence-electron chi connectivity index (χ3n) is 8.52. The van der Waals surface area contributed by atoms with E-state index in [1.807, 2.05) is 56.1 Å². The highest BCUT2D eigenvalue weighted by molar-refractivity contribution is 5.94. The number of benzene rings is 3. The van der Waals surface area contributed by atoms with E-state index in [4.69, 9.17) is 0 Å². The summed E-state index contributed by atoms with van der Waals surface area (Å²) >= 11 is 0. The number of hydrogen-bond donors (Lipinski definition) is 2. The number of carbonyl (C=O) groups is 2. The zero-order valence-electron chi connectivity index (χ0n) is 25.6. The Hall–Kier alpha value is -3.48. The summed E-state index contributed by atoms with van der Waals surface area (Å²) in [4.78, 5) is 31.0. The molecule has 0 unspecified atom stereocenters. The molecule has 3 aromatic carbocycles. The van der Waals surface area contributed by atoms with E-state index in [2.05, 4.69) is 64.1 Å². The molecule has 0 saturated carbocycles. The maximum absolute atomic E-state index is 13.9. The summed E-state index contributed by atoms with van der Waals surface area (Å²) in [7, 11) is 1.92. The second-order valence-electron chi connectivity index (χ2n) is 11.7. The van der Waals surface area contributed by atoms with Gasteiger partial charge in [0.1, 0.15) is 0 Å². The van der Waals surface area contributed by atoms with Gasteiger partial charge in [-0.2, -0.15) is 0 Å². The van der Waals surface area contributed by atoms with Crippen LogP contribution in [0.3, 0.4) is 0 Å². The number of piperidine rings is 1. The molecule has 1 saturated heterocycles. The monoisotopic (exact) mass is 568 g/mol. The molecule has 0 spiro atoms. The van der Waals surface area contributed by atoms with Crippen molar-refractivity contribution < 1.29 is 9.59 Å². The van der Waals surface area contributed by atoms with Crippen LogP contribution >= 0.6 is 0 Å². The van der Waals surface area contributed by atoms with Gasteiger partial charge in [-0.15, -0.1) is 0 Å². The van der Waals surface area contributed by atoms with E-state index in [1.165, 1.54) is 36.0 Å². The average molecular weight is 569 g/mol. The Morgan fingerprint density at radius 3 is 2.10 bits per heavy atom. The molecule has 1 heterocycles. The predicted molar refractivity (Wildman–Crippen MR) is 172 cm³/mol. The van der Waals surface area contributed by atoms with Crippen molar-refractivity contribution in [3.05, 3.63) is 107 Å². The maximum atomic E-state index is 13.9. The number of nitrogens with zero attached hydrogens (tertiary/aromatic N) is 2. The summed E-state index contributed by atoms with van der Waals surface area (Å²) in [6, 6.07) is 26.3. The van der Waals surface area contributed by atoms with Crippen molar-refractivity contribution in [1.82, 2.24) is 20.4 Å². The van der Waals surface area contributed by atoms with E-state index in [0.717, 1.165) is 38.0 Å². The molecule has 4 rings (SSSR count). The first-order valence-corrected chi connectivity index (χ1v) is 15.6. The first-order valence-electron chi connectivity index (χ1n) is 15.6. The van der Waals surface area contributed by atoms with Crippen molar-refractivity contribution in [2.75, 3.05) is 46.3 Å². The summed E-state index contributed by atoms with van der Waals surface area (Å²) in [5.74, 6) is 0.108. The largest absolute Gasteiger partial charge is 0.351 e. The molecule has 2 N–H and O–H groups in total. The second-order valence-corrected chi connectivity index (χ2v) is 11.7. The molecule has 0 bridgehead atoms. The quantitative estimate of drug-likeness (QED) is 0.251.